The van der Waals surface area contributed by atoms with E-state index in [2.05, 4.69) is 3.53 Å². The lowest BCUT2D eigenvalue weighted by Crippen LogP contribution is -2.10. The van der Waals surface area contributed by atoms with Crippen LogP contribution in [0.25, 0.3) is 0 Å². The van der Waals surface area contributed by atoms with Crippen LogP contribution in [-0.2, 0) is 6.42 Å². The third-order valence-electron chi connectivity index (χ3n) is 1.29. The van der Waals surface area contributed by atoms with Crippen molar-refractivity contribution in [1.82, 2.24) is 0 Å². The molecule has 0 aromatic carbocycles. The molecule has 1 rings (SSSR count). The van der Waals surface area contributed by atoms with Gasteiger partial charge in [0, 0.05) is 4.88 Å². The van der Waals surface area contributed by atoms with Gasteiger partial charge in [-0.1, -0.05) is 0 Å². The molecule has 1 heterocycles. The summed E-state index contributed by atoms with van der Waals surface area (Å²) < 4.78 is 38.5. The number of rotatable bonds is 2. The Morgan fingerprint density at radius 2 is 2.15 bits per heavy atom. The van der Waals surface area contributed by atoms with Crippen molar-refractivity contribution in [2.75, 3.05) is 9.26 Å². The van der Waals surface area contributed by atoms with Crippen LogP contribution in [0.3, 0.4) is 0 Å². The Morgan fingerprint density at radius 3 is 2.54 bits per heavy atom. The Hall–Kier alpha value is -0.180. The van der Waals surface area contributed by atoms with Crippen LogP contribution in [0.1, 0.15) is 4.88 Å². The third-order valence-corrected chi connectivity index (χ3v) is 2.83. The highest BCUT2D eigenvalue weighted by molar-refractivity contribution is 14.1. The number of nitrogen functional groups attached to an aromatic ring is 1. The van der Waals surface area contributed by atoms with Gasteiger partial charge in [-0.3, -0.25) is 0 Å². The first-order valence-corrected chi connectivity index (χ1v) is 5.13. The predicted molar refractivity (Wildman–Crippen MR) is 56.1 cm³/mol. The van der Waals surface area contributed by atoms with E-state index in [0.29, 0.717) is 10.7 Å². The average molecular weight is 322 g/mol. The Kier molecular flexibility index (Phi) is 3.28. The second kappa shape index (κ2) is 3.91. The van der Waals surface area contributed by atoms with Gasteiger partial charge in [-0.25, -0.2) is 0 Å². The van der Waals surface area contributed by atoms with E-state index in [0.717, 1.165) is 11.3 Å². The number of hydrogen-bond acceptors (Lipinski definition) is 3. The van der Waals surface area contributed by atoms with Crippen molar-refractivity contribution in [2.45, 2.75) is 12.6 Å². The van der Waals surface area contributed by atoms with E-state index >= 15 is 0 Å². The van der Waals surface area contributed by atoms with Gasteiger partial charge in [0.25, 0.3) is 0 Å². The van der Waals surface area contributed by atoms with Crippen LogP contribution in [-0.4, -0.2) is 6.18 Å². The summed E-state index contributed by atoms with van der Waals surface area (Å²) in [4.78, 5) is 0.226. The fourth-order valence-corrected chi connectivity index (χ4v) is 2.36. The highest BCUT2D eigenvalue weighted by Gasteiger charge is 2.28. The Labute approximate surface area is 90.8 Å². The van der Waals surface area contributed by atoms with Crippen LogP contribution in [0.2, 0.25) is 0 Å². The summed E-state index contributed by atoms with van der Waals surface area (Å²) >= 11 is 2.78. The van der Waals surface area contributed by atoms with Crippen molar-refractivity contribution in [3.05, 3.63) is 10.9 Å². The second-order valence-electron chi connectivity index (χ2n) is 2.38. The molecular formula is C6H6F3IN2S. The Balaban J connectivity index is 2.80. The molecule has 1 aromatic heterocycles. The molecule has 0 fully saturated rings. The Bertz CT molecular complexity index is 297. The van der Waals surface area contributed by atoms with Gasteiger partial charge < -0.3 is 9.26 Å². The molecule has 0 aliphatic carbocycles. The zero-order valence-corrected chi connectivity index (χ0v) is 9.26. The number of thiophene rings is 1. The van der Waals surface area contributed by atoms with Crippen LogP contribution in [0.15, 0.2) is 6.07 Å². The zero-order chi connectivity index (χ0) is 10.1. The van der Waals surface area contributed by atoms with Gasteiger partial charge >= 0.3 is 6.18 Å². The first-order chi connectivity index (χ1) is 5.92. The van der Waals surface area contributed by atoms with Gasteiger partial charge in [0.1, 0.15) is 5.00 Å². The minimum Gasteiger partial charge on any atom is -0.389 e. The molecule has 0 atom stereocenters. The predicted octanol–water partition coefficient (Wildman–Crippen LogP) is 3.20. The number of halogens is 4. The van der Waals surface area contributed by atoms with Crippen molar-refractivity contribution < 1.29 is 13.2 Å². The topological polar surface area (TPSA) is 38.0 Å². The van der Waals surface area contributed by atoms with E-state index in [-0.39, 0.29) is 4.88 Å². The molecule has 0 unspecified atom stereocenters. The molecule has 3 N–H and O–H groups in total. The summed E-state index contributed by atoms with van der Waals surface area (Å²) in [6, 6.07) is 1.42. The molecule has 0 saturated carbocycles. The molecule has 7 heteroatoms. The number of nitrogens with one attached hydrogen (secondary N) is 1. The average Bonchev–Trinajstić information content (AvgIpc) is 2.26. The summed E-state index contributed by atoms with van der Waals surface area (Å²) in [7, 11) is 0. The van der Waals surface area contributed by atoms with Gasteiger partial charge in [-0.2, -0.15) is 13.2 Å². The SMILES string of the molecule is Nc1sc(CC(F)(F)F)cc1NI. The quantitative estimate of drug-likeness (QED) is 0.648. The number of hydrogen-bond donors (Lipinski definition) is 2. The molecule has 0 radical (unpaired) electrons. The van der Waals surface area contributed by atoms with Crippen molar-refractivity contribution in [1.29, 1.82) is 0 Å². The standard InChI is InChI=1S/C6H6F3IN2S/c7-6(8,9)2-3-1-4(12-10)5(11)13-3/h1,12H,2,11H2. The molecule has 0 spiro atoms. The normalized spacial score (nSPS) is 11.7. The van der Waals surface area contributed by atoms with Crippen molar-refractivity contribution >= 4 is 44.9 Å². The fraction of sp³-hybridized carbons (Fsp3) is 0.333. The molecule has 0 bridgehead atoms. The zero-order valence-electron chi connectivity index (χ0n) is 6.28. The van der Waals surface area contributed by atoms with Crippen LogP contribution < -0.4 is 9.26 Å². The van der Waals surface area contributed by atoms with Crippen molar-refractivity contribution in [3.8, 4) is 0 Å². The first-order valence-electron chi connectivity index (χ1n) is 3.24. The van der Waals surface area contributed by atoms with E-state index in [9.17, 15) is 13.2 Å². The summed E-state index contributed by atoms with van der Waals surface area (Å²) in [5.41, 5.74) is 6.00. The van der Waals surface area contributed by atoms with Crippen LogP contribution in [0.5, 0.6) is 0 Å². The van der Waals surface area contributed by atoms with E-state index in [1.54, 1.807) is 0 Å². The van der Waals surface area contributed by atoms with Crippen molar-refractivity contribution in [2.24, 2.45) is 0 Å². The number of anilines is 2. The highest BCUT2D eigenvalue weighted by atomic mass is 127. The van der Waals surface area contributed by atoms with E-state index in [1.807, 2.05) is 22.9 Å². The molecule has 13 heavy (non-hydrogen) atoms. The molecule has 0 aliphatic heterocycles. The molecule has 1 aromatic rings. The maximum Gasteiger partial charge on any atom is 0.393 e. The summed E-state index contributed by atoms with van der Waals surface area (Å²) in [6.45, 7) is 0. The van der Waals surface area contributed by atoms with Gasteiger partial charge in [0.15, 0.2) is 0 Å². The lowest BCUT2D eigenvalue weighted by molar-refractivity contribution is -0.126. The molecule has 0 amide bonds. The van der Waals surface area contributed by atoms with E-state index in [4.69, 9.17) is 5.73 Å². The van der Waals surface area contributed by atoms with Gasteiger partial charge in [-0.15, -0.1) is 11.3 Å². The van der Waals surface area contributed by atoms with Crippen LogP contribution in [0.4, 0.5) is 23.9 Å². The largest absolute Gasteiger partial charge is 0.393 e. The minimum atomic E-state index is -4.17. The van der Waals surface area contributed by atoms with Crippen LogP contribution in [0, 0.1) is 0 Å². The number of nitrogens with two attached hydrogens (primary N) is 1. The summed E-state index contributed by atoms with van der Waals surface area (Å²) in [5.74, 6) is 0. The minimum absolute atomic E-state index is 0.226. The summed E-state index contributed by atoms with van der Waals surface area (Å²) in [5, 5.41) is 0.383. The fourth-order valence-electron chi connectivity index (χ4n) is 0.816. The third kappa shape index (κ3) is 3.22. The monoisotopic (exact) mass is 322 g/mol. The van der Waals surface area contributed by atoms with Gasteiger partial charge in [0.05, 0.1) is 35.0 Å². The molecule has 2 nitrogen and oxygen atoms in total. The molecular weight excluding hydrogens is 316 g/mol. The molecule has 0 aliphatic rings. The van der Waals surface area contributed by atoms with E-state index in [1.165, 1.54) is 6.07 Å². The van der Waals surface area contributed by atoms with Crippen LogP contribution >= 0.6 is 34.2 Å². The molecule has 74 valence electrons. The Morgan fingerprint density at radius 1 is 1.54 bits per heavy atom. The lowest BCUT2D eigenvalue weighted by Gasteiger charge is -2.01. The lowest BCUT2D eigenvalue weighted by atomic mass is 10.3. The van der Waals surface area contributed by atoms with Gasteiger partial charge in [-0.05, 0) is 6.07 Å². The summed E-state index contributed by atoms with van der Waals surface area (Å²) in [6.07, 6.45) is -5.08. The maximum absolute atomic E-state index is 11.9. The van der Waals surface area contributed by atoms with E-state index < -0.39 is 12.6 Å². The number of alkyl halides is 3. The van der Waals surface area contributed by atoms with Gasteiger partial charge in [0.2, 0.25) is 0 Å². The second-order valence-corrected chi connectivity index (χ2v) is 4.08. The highest BCUT2D eigenvalue weighted by Crippen LogP contribution is 2.34. The smallest absolute Gasteiger partial charge is 0.389 e. The first kappa shape index (κ1) is 10.9. The van der Waals surface area contributed by atoms with Crippen molar-refractivity contribution in [3.63, 3.8) is 0 Å². The molecule has 0 saturated heterocycles. The maximum atomic E-state index is 11.9.